The first-order valence-corrected chi connectivity index (χ1v) is 9.08. The molecule has 9 nitrogen and oxygen atoms in total. The average molecular weight is 402 g/mol. The second-order valence-electron chi connectivity index (χ2n) is 6.76. The van der Waals surface area contributed by atoms with Crippen molar-refractivity contribution in [2.24, 2.45) is 0 Å². The summed E-state index contributed by atoms with van der Waals surface area (Å²) in [6, 6.07) is 1.27. The number of hydrogen-bond donors (Lipinski definition) is 3. The first-order valence-electron chi connectivity index (χ1n) is 9.08. The van der Waals surface area contributed by atoms with Gasteiger partial charge in [0.05, 0.1) is 6.10 Å². The maximum atomic E-state index is 13.9. The standard InChI is InChI=1S/C17H24F2N4O5/c1-11-10-17(18,19)15(28-11)23-9-8-12(21-16(23)26)20-13(24)6-4-2-3-5-7-14(25)22-27/h8-9,11,15,27H,2-7,10H2,1H3,(H,22,25)(H,20,21,24,26). The van der Waals surface area contributed by atoms with Gasteiger partial charge in [0.15, 0.2) is 0 Å². The Kier molecular flexibility index (Phi) is 7.58. The molecule has 3 N–H and O–H groups in total. The molecule has 0 radical (unpaired) electrons. The van der Waals surface area contributed by atoms with Crippen LogP contribution in [0, 0.1) is 0 Å². The van der Waals surface area contributed by atoms with E-state index in [4.69, 9.17) is 9.94 Å². The molecule has 1 aliphatic heterocycles. The molecule has 2 heterocycles. The molecular weight excluding hydrogens is 378 g/mol. The second-order valence-corrected chi connectivity index (χ2v) is 6.76. The lowest BCUT2D eigenvalue weighted by molar-refractivity contribution is -0.129. The molecule has 1 aromatic heterocycles. The highest BCUT2D eigenvalue weighted by Gasteiger charge is 2.50. The van der Waals surface area contributed by atoms with Crippen molar-refractivity contribution in [3.63, 3.8) is 0 Å². The zero-order chi connectivity index (χ0) is 20.7. The van der Waals surface area contributed by atoms with Crippen LogP contribution in [0.15, 0.2) is 17.1 Å². The number of anilines is 1. The molecule has 0 aromatic carbocycles. The first kappa shape index (κ1) is 21.9. The van der Waals surface area contributed by atoms with Gasteiger partial charge in [-0.15, -0.1) is 0 Å². The number of ether oxygens (including phenoxy) is 1. The zero-order valence-electron chi connectivity index (χ0n) is 15.5. The molecular formula is C17H24F2N4O5. The van der Waals surface area contributed by atoms with Gasteiger partial charge in [0.25, 0.3) is 5.92 Å². The Morgan fingerprint density at radius 1 is 1.29 bits per heavy atom. The molecule has 0 aliphatic carbocycles. The summed E-state index contributed by atoms with van der Waals surface area (Å²) in [5.74, 6) is -3.99. The fourth-order valence-corrected chi connectivity index (χ4v) is 2.97. The van der Waals surface area contributed by atoms with Crippen LogP contribution in [0.1, 0.15) is 58.1 Å². The van der Waals surface area contributed by atoms with Gasteiger partial charge in [-0.25, -0.2) is 19.1 Å². The van der Waals surface area contributed by atoms with Gasteiger partial charge in [-0.1, -0.05) is 12.8 Å². The fourth-order valence-electron chi connectivity index (χ4n) is 2.97. The number of amides is 2. The molecule has 2 atom stereocenters. The van der Waals surface area contributed by atoms with Crippen LogP contribution in [0.5, 0.6) is 0 Å². The molecule has 28 heavy (non-hydrogen) atoms. The van der Waals surface area contributed by atoms with E-state index in [0.29, 0.717) is 19.3 Å². The number of hydrogen-bond acceptors (Lipinski definition) is 6. The van der Waals surface area contributed by atoms with Crippen LogP contribution in [0.4, 0.5) is 14.6 Å². The Morgan fingerprint density at radius 2 is 1.93 bits per heavy atom. The van der Waals surface area contributed by atoms with Gasteiger partial charge in [0.1, 0.15) is 5.82 Å². The summed E-state index contributed by atoms with van der Waals surface area (Å²) in [7, 11) is 0. The minimum absolute atomic E-state index is 0.0137. The fraction of sp³-hybridized carbons (Fsp3) is 0.647. The molecule has 1 saturated heterocycles. The largest absolute Gasteiger partial charge is 0.351 e. The van der Waals surface area contributed by atoms with Crippen molar-refractivity contribution in [3.05, 3.63) is 22.7 Å². The first-order chi connectivity index (χ1) is 13.2. The molecule has 11 heteroatoms. The van der Waals surface area contributed by atoms with Crippen molar-refractivity contribution in [2.45, 2.75) is 70.1 Å². The van der Waals surface area contributed by atoms with E-state index >= 15 is 0 Å². The summed E-state index contributed by atoms with van der Waals surface area (Å²) < 4.78 is 33.7. The summed E-state index contributed by atoms with van der Waals surface area (Å²) in [4.78, 5) is 38.4. The molecule has 0 saturated carbocycles. The highest BCUT2D eigenvalue weighted by atomic mass is 19.3. The molecule has 1 aromatic rings. The van der Waals surface area contributed by atoms with Gasteiger partial charge in [-0.2, -0.15) is 4.98 Å². The summed E-state index contributed by atoms with van der Waals surface area (Å²) in [6.07, 6.45) is 1.29. The van der Waals surface area contributed by atoms with Crippen molar-refractivity contribution in [3.8, 4) is 0 Å². The third kappa shape index (κ3) is 6.06. The third-order valence-corrected chi connectivity index (χ3v) is 4.31. The maximum Gasteiger partial charge on any atom is 0.351 e. The molecule has 2 amide bonds. The molecule has 156 valence electrons. The van der Waals surface area contributed by atoms with Gasteiger partial charge in [-0.3, -0.25) is 19.4 Å². The van der Waals surface area contributed by atoms with E-state index in [-0.39, 0.29) is 24.6 Å². The van der Waals surface area contributed by atoms with Crippen LogP contribution >= 0.6 is 0 Å². The molecule has 2 rings (SSSR count). The SMILES string of the molecule is CC1CC(F)(F)C(n2ccc(NC(=O)CCCCCCC(=O)NO)nc2=O)O1. The van der Waals surface area contributed by atoms with Crippen molar-refractivity contribution < 1.29 is 28.3 Å². The van der Waals surface area contributed by atoms with Crippen LogP contribution in [0.2, 0.25) is 0 Å². The normalized spacial score (nSPS) is 20.7. The van der Waals surface area contributed by atoms with Crippen LogP contribution in [0.3, 0.4) is 0 Å². The maximum absolute atomic E-state index is 13.9. The quantitative estimate of drug-likeness (QED) is 0.330. The van der Waals surface area contributed by atoms with Crippen LogP contribution in [-0.2, 0) is 14.3 Å². The minimum Gasteiger partial charge on any atom is -0.348 e. The van der Waals surface area contributed by atoms with E-state index in [1.165, 1.54) is 13.0 Å². The number of halogens is 2. The predicted molar refractivity (Wildman–Crippen MR) is 93.9 cm³/mol. The molecule has 0 bridgehead atoms. The second kappa shape index (κ2) is 9.69. The Labute approximate surface area is 160 Å². The summed E-state index contributed by atoms with van der Waals surface area (Å²) in [5, 5.41) is 10.8. The number of carbonyl (C=O) groups excluding carboxylic acids is 2. The van der Waals surface area contributed by atoms with Crippen molar-refractivity contribution >= 4 is 17.6 Å². The smallest absolute Gasteiger partial charge is 0.348 e. The predicted octanol–water partition coefficient (Wildman–Crippen LogP) is 1.97. The third-order valence-electron chi connectivity index (χ3n) is 4.31. The molecule has 1 fully saturated rings. The number of rotatable bonds is 9. The summed E-state index contributed by atoms with van der Waals surface area (Å²) in [5.41, 5.74) is 0.616. The number of aromatic nitrogens is 2. The van der Waals surface area contributed by atoms with Crippen LogP contribution < -0.4 is 16.5 Å². The molecule has 0 spiro atoms. The van der Waals surface area contributed by atoms with Gasteiger partial charge >= 0.3 is 5.69 Å². The summed E-state index contributed by atoms with van der Waals surface area (Å²) in [6.45, 7) is 1.50. The number of nitrogens with zero attached hydrogens (tertiary/aromatic N) is 2. The number of unbranched alkanes of at least 4 members (excludes halogenated alkanes) is 3. The molecule has 2 unspecified atom stereocenters. The van der Waals surface area contributed by atoms with E-state index in [1.54, 1.807) is 5.48 Å². The zero-order valence-corrected chi connectivity index (χ0v) is 15.5. The van der Waals surface area contributed by atoms with E-state index < -0.39 is 36.3 Å². The van der Waals surface area contributed by atoms with Gasteiger partial charge < -0.3 is 10.1 Å². The van der Waals surface area contributed by atoms with Crippen molar-refractivity contribution in [1.29, 1.82) is 0 Å². The number of alkyl halides is 2. The average Bonchev–Trinajstić information content (AvgIpc) is 2.89. The van der Waals surface area contributed by atoms with Crippen LogP contribution in [0.25, 0.3) is 0 Å². The van der Waals surface area contributed by atoms with E-state index in [9.17, 15) is 23.2 Å². The van der Waals surface area contributed by atoms with E-state index in [2.05, 4.69) is 10.3 Å². The number of carbonyl (C=O) groups is 2. The number of nitrogens with one attached hydrogen (secondary N) is 2. The Bertz CT molecular complexity index is 755. The summed E-state index contributed by atoms with van der Waals surface area (Å²) >= 11 is 0. The lowest BCUT2D eigenvalue weighted by Gasteiger charge is -2.19. The highest BCUT2D eigenvalue weighted by Crippen LogP contribution is 2.41. The van der Waals surface area contributed by atoms with Crippen molar-refractivity contribution in [2.75, 3.05) is 5.32 Å². The monoisotopic (exact) mass is 402 g/mol. The lowest BCUT2D eigenvalue weighted by atomic mass is 10.1. The van der Waals surface area contributed by atoms with Crippen LogP contribution in [-0.4, -0.2) is 38.6 Å². The number of hydroxylamine groups is 1. The topological polar surface area (TPSA) is 123 Å². The van der Waals surface area contributed by atoms with E-state index in [0.717, 1.165) is 17.2 Å². The Balaban J connectivity index is 1.80. The van der Waals surface area contributed by atoms with E-state index in [1.807, 2.05) is 0 Å². The van der Waals surface area contributed by atoms with Gasteiger partial charge in [0.2, 0.25) is 18.0 Å². The van der Waals surface area contributed by atoms with Crippen molar-refractivity contribution in [1.82, 2.24) is 15.0 Å². The van der Waals surface area contributed by atoms with Gasteiger partial charge in [0, 0.05) is 25.5 Å². The lowest BCUT2D eigenvalue weighted by Crippen LogP contribution is -2.35. The highest BCUT2D eigenvalue weighted by molar-refractivity contribution is 5.89. The minimum atomic E-state index is -3.17. The Hall–Kier alpha value is -2.40. The Morgan fingerprint density at radius 3 is 2.46 bits per heavy atom. The molecule has 1 aliphatic rings. The van der Waals surface area contributed by atoms with Gasteiger partial charge in [-0.05, 0) is 25.8 Å².